The van der Waals surface area contributed by atoms with E-state index < -0.39 is 24.5 Å². The molecule has 3 N–H and O–H groups in total. The van der Waals surface area contributed by atoms with Gasteiger partial charge in [0.25, 0.3) is 0 Å². The van der Waals surface area contributed by atoms with Crippen LogP contribution in [0.25, 0.3) is 0 Å². The molecule has 0 aliphatic rings. The molecule has 1 rings (SSSR count). The minimum absolute atomic E-state index is 0.103. The van der Waals surface area contributed by atoms with Gasteiger partial charge in [-0.15, -0.1) is 11.8 Å². The van der Waals surface area contributed by atoms with Crippen LogP contribution in [-0.4, -0.2) is 40.5 Å². The van der Waals surface area contributed by atoms with Crippen LogP contribution in [0.1, 0.15) is 11.1 Å². The molecule has 0 aliphatic heterocycles. The number of thioether (sulfide) groups is 1. The Kier molecular flexibility index (Phi) is 6.51. The molecule has 0 bridgehead atoms. The summed E-state index contributed by atoms with van der Waals surface area (Å²) in [6.07, 6.45) is 0. The number of carboxylic acids is 1. The minimum Gasteiger partial charge on any atom is -0.480 e. The second kappa shape index (κ2) is 7.66. The summed E-state index contributed by atoms with van der Waals surface area (Å²) in [5.74, 6) is -1.57. The number of aliphatic hydroxyl groups is 1. The number of carboxylic acid groups (broad SMARTS) is 1. The van der Waals surface area contributed by atoms with Gasteiger partial charge in [-0.1, -0.05) is 15.9 Å². The van der Waals surface area contributed by atoms with Gasteiger partial charge in [0.05, 0.1) is 12.4 Å². The molecule has 1 atom stereocenters. The maximum absolute atomic E-state index is 11.6. The highest BCUT2D eigenvalue weighted by Gasteiger charge is 2.18. The minimum atomic E-state index is -1.25. The number of carbonyl (C=O) groups is 2. The highest BCUT2D eigenvalue weighted by molar-refractivity contribution is 9.10. The van der Waals surface area contributed by atoms with Crippen molar-refractivity contribution in [1.29, 1.82) is 0 Å². The maximum atomic E-state index is 11.6. The van der Waals surface area contributed by atoms with E-state index in [9.17, 15) is 9.59 Å². The summed E-state index contributed by atoms with van der Waals surface area (Å²) >= 11 is 4.77. The lowest BCUT2D eigenvalue weighted by molar-refractivity contribution is -0.142. The second-order valence-electron chi connectivity index (χ2n) is 4.30. The number of hydrogen-bond acceptors (Lipinski definition) is 4. The summed E-state index contributed by atoms with van der Waals surface area (Å²) in [6.45, 7) is 3.28. The Balaban J connectivity index is 2.61. The van der Waals surface area contributed by atoms with E-state index in [0.717, 1.165) is 20.5 Å². The van der Waals surface area contributed by atoms with E-state index in [4.69, 9.17) is 10.2 Å². The largest absolute Gasteiger partial charge is 0.480 e. The van der Waals surface area contributed by atoms with Crippen molar-refractivity contribution in [3.63, 3.8) is 0 Å². The molecule has 0 aromatic heterocycles. The number of hydrogen-bond donors (Lipinski definition) is 3. The summed E-state index contributed by atoms with van der Waals surface area (Å²) in [7, 11) is 0. The Hall–Kier alpha value is -1.05. The summed E-state index contributed by atoms with van der Waals surface area (Å²) in [5, 5.41) is 19.8. The third kappa shape index (κ3) is 4.81. The summed E-state index contributed by atoms with van der Waals surface area (Å²) in [6, 6.07) is 2.69. The molecule has 0 spiro atoms. The van der Waals surface area contributed by atoms with E-state index in [2.05, 4.69) is 21.2 Å². The molecule has 0 fully saturated rings. The van der Waals surface area contributed by atoms with Gasteiger partial charge in [-0.25, -0.2) is 4.79 Å². The second-order valence-corrected chi connectivity index (χ2v) is 6.17. The van der Waals surface area contributed by atoms with Crippen molar-refractivity contribution in [2.75, 3.05) is 12.4 Å². The monoisotopic (exact) mass is 361 g/mol. The summed E-state index contributed by atoms with van der Waals surface area (Å²) < 4.78 is 1.01. The highest BCUT2D eigenvalue weighted by Crippen LogP contribution is 2.28. The third-order valence-corrected chi connectivity index (χ3v) is 4.64. The lowest BCUT2D eigenvalue weighted by Crippen LogP contribution is -2.44. The Morgan fingerprint density at radius 1 is 1.35 bits per heavy atom. The smallest absolute Gasteiger partial charge is 0.328 e. The molecule has 20 heavy (non-hydrogen) atoms. The third-order valence-electron chi connectivity index (χ3n) is 2.63. The number of aryl methyl sites for hydroxylation is 2. The van der Waals surface area contributed by atoms with Crippen LogP contribution >= 0.6 is 27.7 Å². The van der Waals surface area contributed by atoms with Gasteiger partial charge >= 0.3 is 5.97 Å². The van der Waals surface area contributed by atoms with Gasteiger partial charge in [-0.05, 0) is 37.1 Å². The lowest BCUT2D eigenvalue weighted by atomic mass is 10.2. The van der Waals surface area contributed by atoms with Crippen molar-refractivity contribution in [3.05, 3.63) is 27.7 Å². The number of halogens is 1. The molecule has 0 unspecified atom stereocenters. The molecular weight excluding hydrogens is 346 g/mol. The number of rotatable bonds is 6. The predicted molar refractivity (Wildman–Crippen MR) is 81.0 cm³/mol. The molecule has 1 aromatic rings. The van der Waals surface area contributed by atoms with Crippen molar-refractivity contribution in [3.8, 4) is 0 Å². The van der Waals surface area contributed by atoms with Crippen molar-refractivity contribution >= 4 is 39.6 Å². The van der Waals surface area contributed by atoms with Crippen LogP contribution in [-0.2, 0) is 9.59 Å². The molecule has 1 amide bonds. The van der Waals surface area contributed by atoms with Crippen molar-refractivity contribution < 1.29 is 19.8 Å². The molecule has 0 saturated carbocycles. The number of nitrogens with one attached hydrogen (secondary N) is 1. The van der Waals surface area contributed by atoms with E-state index in [1.807, 2.05) is 26.0 Å². The van der Waals surface area contributed by atoms with Crippen LogP contribution in [0, 0.1) is 13.8 Å². The van der Waals surface area contributed by atoms with E-state index in [1.165, 1.54) is 11.8 Å². The first-order valence-corrected chi connectivity index (χ1v) is 7.65. The molecule has 0 heterocycles. The van der Waals surface area contributed by atoms with E-state index >= 15 is 0 Å². The van der Waals surface area contributed by atoms with Gasteiger partial charge in [-0.2, -0.15) is 0 Å². The lowest BCUT2D eigenvalue weighted by Gasteiger charge is -2.12. The number of aliphatic hydroxyl groups excluding tert-OH is 1. The molecule has 110 valence electrons. The topological polar surface area (TPSA) is 86.6 Å². The Morgan fingerprint density at radius 3 is 2.55 bits per heavy atom. The van der Waals surface area contributed by atoms with Crippen LogP contribution in [0.15, 0.2) is 21.5 Å². The molecule has 5 nitrogen and oxygen atoms in total. The maximum Gasteiger partial charge on any atom is 0.328 e. The number of benzene rings is 1. The van der Waals surface area contributed by atoms with Gasteiger partial charge in [-0.3, -0.25) is 4.79 Å². The first-order valence-electron chi connectivity index (χ1n) is 5.87. The SMILES string of the molecule is Cc1cc(SCC(=O)N[C@@H](CO)C(=O)O)c(C)cc1Br. The van der Waals surface area contributed by atoms with Crippen LogP contribution < -0.4 is 5.32 Å². The standard InChI is InChI=1S/C13H16BrNO4S/c1-7-4-11(8(2)3-9(7)14)20-6-12(17)15-10(5-16)13(18)19/h3-4,10,16H,5-6H2,1-2H3,(H,15,17)(H,18,19)/t10-/m0/s1. The van der Waals surface area contributed by atoms with Gasteiger partial charge in [0.1, 0.15) is 6.04 Å². The molecule has 0 radical (unpaired) electrons. The number of carbonyl (C=O) groups excluding carboxylic acids is 1. The zero-order valence-corrected chi connectivity index (χ0v) is 13.5. The van der Waals surface area contributed by atoms with Crippen LogP contribution in [0.5, 0.6) is 0 Å². The quantitative estimate of drug-likeness (QED) is 0.671. The van der Waals surface area contributed by atoms with Gasteiger partial charge < -0.3 is 15.5 Å². The molecule has 1 aromatic carbocycles. The normalized spacial score (nSPS) is 12.0. The average molecular weight is 362 g/mol. The molecule has 7 heteroatoms. The summed E-state index contributed by atoms with van der Waals surface area (Å²) in [4.78, 5) is 23.3. The molecule has 0 saturated heterocycles. The van der Waals surface area contributed by atoms with Crippen LogP contribution in [0.4, 0.5) is 0 Å². The zero-order valence-electron chi connectivity index (χ0n) is 11.1. The van der Waals surface area contributed by atoms with E-state index in [1.54, 1.807) is 0 Å². The number of amides is 1. The fourth-order valence-corrected chi connectivity index (χ4v) is 2.85. The summed E-state index contributed by atoms with van der Waals surface area (Å²) in [5.41, 5.74) is 2.11. The van der Waals surface area contributed by atoms with Gasteiger partial charge in [0.15, 0.2) is 0 Å². The molecule has 0 aliphatic carbocycles. The average Bonchev–Trinajstić information content (AvgIpc) is 2.38. The van der Waals surface area contributed by atoms with Crippen LogP contribution in [0.2, 0.25) is 0 Å². The first kappa shape index (κ1) is 17.0. The Labute approximate surface area is 129 Å². The van der Waals surface area contributed by atoms with E-state index in [0.29, 0.717) is 0 Å². The van der Waals surface area contributed by atoms with Gasteiger partial charge in [0, 0.05) is 9.37 Å². The van der Waals surface area contributed by atoms with Gasteiger partial charge in [0.2, 0.25) is 5.91 Å². The highest BCUT2D eigenvalue weighted by atomic mass is 79.9. The predicted octanol–water partition coefficient (Wildman–Crippen LogP) is 1.72. The first-order chi connectivity index (χ1) is 9.35. The fraction of sp³-hybridized carbons (Fsp3) is 0.385. The van der Waals surface area contributed by atoms with E-state index in [-0.39, 0.29) is 5.75 Å². The van der Waals surface area contributed by atoms with Crippen molar-refractivity contribution in [2.24, 2.45) is 0 Å². The van der Waals surface area contributed by atoms with Crippen molar-refractivity contribution in [1.82, 2.24) is 5.32 Å². The Morgan fingerprint density at radius 2 is 2.00 bits per heavy atom. The fourth-order valence-electron chi connectivity index (χ4n) is 1.47. The van der Waals surface area contributed by atoms with Crippen molar-refractivity contribution in [2.45, 2.75) is 24.8 Å². The number of aliphatic carboxylic acids is 1. The molecular formula is C13H16BrNO4S. The zero-order chi connectivity index (χ0) is 15.3. The van der Waals surface area contributed by atoms with Crippen LogP contribution in [0.3, 0.4) is 0 Å². The Bertz CT molecular complexity index is 521.